The Morgan fingerprint density at radius 2 is 2.06 bits per heavy atom. The van der Waals surface area contributed by atoms with Gasteiger partial charge in [-0.2, -0.15) is 0 Å². The molecule has 0 aromatic heterocycles. The molecule has 0 spiro atoms. The van der Waals surface area contributed by atoms with Crippen molar-refractivity contribution in [2.75, 3.05) is 0 Å². The zero-order valence-corrected chi connectivity index (χ0v) is 9.11. The van der Waals surface area contributed by atoms with E-state index >= 15 is 0 Å². The van der Waals surface area contributed by atoms with Gasteiger partial charge in [-0.1, -0.05) is 12.1 Å². The number of nitrogen functional groups attached to an aromatic ring is 1. The van der Waals surface area contributed by atoms with Gasteiger partial charge in [0.25, 0.3) is 5.91 Å². The molecule has 1 aliphatic carbocycles. The summed E-state index contributed by atoms with van der Waals surface area (Å²) in [6.45, 7) is 0.620. The van der Waals surface area contributed by atoms with Gasteiger partial charge in [-0.05, 0) is 37.0 Å². The summed E-state index contributed by atoms with van der Waals surface area (Å²) in [5, 5.41) is 0. The van der Waals surface area contributed by atoms with Crippen molar-refractivity contribution in [1.29, 1.82) is 0 Å². The van der Waals surface area contributed by atoms with E-state index in [9.17, 15) is 4.79 Å². The van der Waals surface area contributed by atoms with Crippen molar-refractivity contribution >= 4 is 5.91 Å². The molecular weight excluding hydrogens is 204 g/mol. The third kappa shape index (κ3) is 2.59. The maximum Gasteiger partial charge on any atom is 0.265 e. The van der Waals surface area contributed by atoms with E-state index < -0.39 is 0 Å². The lowest BCUT2D eigenvalue weighted by atomic mass is 9.96. The second-order valence-corrected chi connectivity index (χ2v) is 4.03. The van der Waals surface area contributed by atoms with Crippen LogP contribution >= 0.6 is 0 Å². The molecule has 16 heavy (non-hydrogen) atoms. The van der Waals surface area contributed by atoms with Gasteiger partial charge in [0.05, 0.1) is 12.7 Å². The number of amides is 1. The second-order valence-electron chi connectivity index (χ2n) is 4.03. The minimum absolute atomic E-state index is 0.272. The average Bonchev–Trinajstić information content (AvgIpc) is 2.27. The monoisotopic (exact) mass is 220 g/mol. The van der Waals surface area contributed by atoms with Gasteiger partial charge in [-0.25, -0.2) is 5.84 Å². The van der Waals surface area contributed by atoms with Gasteiger partial charge in [-0.15, -0.1) is 0 Å². The topological polar surface area (TPSA) is 64.3 Å². The van der Waals surface area contributed by atoms with Crippen LogP contribution in [0.5, 0.6) is 0 Å². The molecule has 3 N–H and O–H groups in total. The van der Waals surface area contributed by atoms with Crippen LogP contribution in [0.25, 0.3) is 0 Å². The number of carbonyl (C=O) groups is 1. The smallest absolute Gasteiger partial charge is 0.265 e. The molecule has 0 atom stereocenters. The minimum Gasteiger partial charge on any atom is -0.374 e. The predicted octanol–water partition coefficient (Wildman–Crippen LogP) is 1.36. The Bertz CT molecular complexity index is 358. The van der Waals surface area contributed by atoms with Crippen LogP contribution in [-0.2, 0) is 11.3 Å². The number of hydrogen-bond acceptors (Lipinski definition) is 3. The highest BCUT2D eigenvalue weighted by Crippen LogP contribution is 2.23. The quantitative estimate of drug-likeness (QED) is 0.457. The highest BCUT2D eigenvalue weighted by Gasteiger charge is 2.17. The fourth-order valence-corrected chi connectivity index (χ4v) is 1.59. The van der Waals surface area contributed by atoms with E-state index in [0.717, 1.165) is 5.56 Å². The second kappa shape index (κ2) is 5.09. The first kappa shape index (κ1) is 11.1. The van der Waals surface area contributed by atoms with Gasteiger partial charge in [0, 0.05) is 5.56 Å². The minimum atomic E-state index is -0.272. The zero-order valence-electron chi connectivity index (χ0n) is 9.11. The zero-order chi connectivity index (χ0) is 11.4. The maximum absolute atomic E-state index is 11.2. The molecule has 86 valence electrons. The van der Waals surface area contributed by atoms with Crippen LogP contribution in [0.2, 0.25) is 0 Å². The molecule has 1 aliphatic rings. The van der Waals surface area contributed by atoms with Crippen molar-refractivity contribution < 1.29 is 9.53 Å². The highest BCUT2D eigenvalue weighted by molar-refractivity contribution is 5.93. The molecule has 0 heterocycles. The summed E-state index contributed by atoms with van der Waals surface area (Å²) in [6, 6.07) is 7.29. The third-order valence-electron chi connectivity index (χ3n) is 2.89. The average molecular weight is 220 g/mol. The molecule has 0 saturated heterocycles. The molecule has 0 unspecified atom stereocenters. The molecule has 1 amide bonds. The number of hydrogen-bond donors (Lipinski definition) is 2. The molecule has 0 radical (unpaired) electrons. The normalized spacial score (nSPS) is 15.6. The SMILES string of the molecule is NNC(=O)c1ccc(COC2CCC2)cc1. The molecule has 1 fully saturated rings. The van der Waals surface area contributed by atoms with Crippen LogP contribution in [-0.4, -0.2) is 12.0 Å². The first-order valence-electron chi connectivity index (χ1n) is 5.51. The Labute approximate surface area is 94.8 Å². The lowest BCUT2D eigenvalue weighted by molar-refractivity contribution is -0.00866. The van der Waals surface area contributed by atoms with Crippen LogP contribution < -0.4 is 11.3 Å². The Hall–Kier alpha value is -1.39. The Balaban J connectivity index is 1.88. The van der Waals surface area contributed by atoms with Crippen LogP contribution in [0.3, 0.4) is 0 Å². The van der Waals surface area contributed by atoms with E-state index in [1.165, 1.54) is 19.3 Å². The number of hydrazine groups is 1. The standard InChI is InChI=1S/C12H16N2O2/c13-14-12(15)10-6-4-9(5-7-10)8-16-11-2-1-3-11/h4-7,11H,1-3,8,13H2,(H,14,15). The molecule has 4 nitrogen and oxygen atoms in total. The summed E-state index contributed by atoms with van der Waals surface area (Å²) >= 11 is 0. The highest BCUT2D eigenvalue weighted by atomic mass is 16.5. The maximum atomic E-state index is 11.2. The van der Waals surface area contributed by atoms with Crippen molar-refractivity contribution in [1.82, 2.24) is 5.43 Å². The largest absolute Gasteiger partial charge is 0.374 e. The Kier molecular flexibility index (Phi) is 3.54. The van der Waals surface area contributed by atoms with E-state index in [-0.39, 0.29) is 5.91 Å². The number of nitrogens with one attached hydrogen (secondary N) is 1. The van der Waals surface area contributed by atoms with E-state index in [0.29, 0.717) is 18.3 Å². The van der Waals surface area contributed by atoms with Crippen molar-refractivity contribution in [2.24, 2.45) is 5.84 Å². The molecular formula is C12H16N2O2. The lowest BCUT2D eigenvalue weighted by Crippen LogP contribution is -2.29. The van der Waals surface area contributed by atoms with Gasteiger partial charge in [0.1, 0.15) is 0 Å². The van der Waals surface area contributed by atoms with E-state index in [1.54, 1.807) is 12.1 Å². The number of rotatable bonds is 4. The first-order valence-corrected chi connectivity index (χ1v) is 5.51. The summed E-state index contributed by atoms with van der Waals surface area (Å²) in [5.41, 5.74) is 3.75. The summed E-state index contributed by atoms with van der Waals surface area (Å²) in [7, 11) is 0. The first-order chi connectivity index (χ1) is 7.79. The van der Waals surface area contributed by atoms with Crippen LogP contribution in [0, 0.1) is 0 Å². The van der Waals surface area contributed by atoms with Crippen molar-refractivity contribution in [3.05, 3.63) is 35.4 Å². The summed E-state index contributed by atoms with van der Waals surface area (Å²) in [6.07, 6.45) is 4.06. The van der Waals surface area contributed by atoms with Gasteiger partial charge in [-0.3, -0.25) is 10.2 Å². The van der Waals surface area contributed by atoms with Crippen LogP contribution in [0.4, 0.5) is 0 Å². The Morgan fingerprint density at radius 3 is 2.56 bits per heavy atom. The van der Waals surface area contributed by atoms with Crippen molar-refractivity contribution in [3.8, 4) is 0 Å². The Morgan fingerprint density at radius 1 is 1.38 bits per heavy atom. The van der Waals surface area contributed by atoms with Gasteiger partial charge < -0.3 is 4.74 Å². The number of ether oxygens (including phenoxy) is 1. The predicted molar refractivity (Wildman–Crippen MR) is 60.5 cm³/mol. The molecule has 0 bridgehead atoms. The fraction of sp³-hybridized carbons (Fsp3) is 0.417. The molecule has 1 aromatic rings. The molecule has 1 aromatic carbocycles. The van der Waals surface area contributed by atoms with E-state index in [2.05, 4.69) is 5.43 Å². The molecule has 2 rings (SSSR count). The number of nitrogens with two attached hydrogens (primary N) is 1. The van der Waals surface area contributed by atoms with Crippen molar-refractivity contribution in [3.63, 3.8) is 0 Å². The summed E-state index contributed by atoms with van der Waals surface area (Å²) < 4.78 is 5.67. The van der Waals surface area contributed by atoms with Gasteiger partial charge >= 0.3 is 0 Å². The third-order valence-corrected chi connectivity index (χ3v) is 2.89. The van der Waals surface area contributed by atoms with Gasteiger partial charge in [0.15, 0.2) is 0 Å². The molecule has 1 saturated carbocycles. The lowest BCUT2D eigenvalue weighted by Gasteiger charge is -2.25. The van der Waals surface area contributed by atoms with Gasteiger partial charge in [0.2, 0.25) is 0 Å². The summed E-state index contributed by atoms with van der Waals surface area (Å²) in [4.78, 5) is 11.2. The number of benzene rings is 1. The van der Waals surface area contributed by atoms with Crippen molar-refractivity contribution in [2.45, 2.75) is 32.0 Å². The molecule has 0 aliphatic heterocycles. The van der Waals surface area contributed by atoms with E-state index in [4.69, 9.17) is 10.6 Å². The van der Waals surface area contributed by atoms with Crippen LogP contribution in [0.1, 0.15) is 35.2 Å². The number of carbonyl (C=O) groups excluding carboxylic acids is 1. The molecule has 4 heteroatoms. The fourth-order valence-electron chi connectivity index (χ4n) is 1.59. The van der Waals surface area contributed by atoms with Crippen LogP contribution in [0.15, 0.2) is 24.3 Å². The van der Waals surface area contributed by atoms with E-state index in [1.807, 2.05) is 12.1 Å². The summed E-state index contributed by atoms with van der Waals surface area (Å²) in [5.74, 6) is 4.77.